The minimum absolute atomic E-state index is 0.0998. The molecule has 2 rings (SSSR count). The Bertz CT molecular complexity index is 832. The smallest absolute Gasteiger partial charge is 0.338 e. The zero-order valence-electron chi connectivity index (χ0n) is 14.3. The lowest BCUT2D eigenvalue weighted by molar-refractivity contribution is -0.384. The number of ether oxygens (including phenoxy) is 2. The first-order valence-corrected chi connectivity index (χ1v) is 7.38. The van der Waals surface area contributed by atoms with Gasteiger partial charge in [-0.3, -0.25) is 10.1 Å². The van der Waals surface area contributed by atoms with Gasteiger partial charge in [-0.25, -0.2) is 9.59 Å². The molecule has 0 saturated carbocycles. The van der Waals surface area contributed by atoms with E-state index in [1.807, 2.05) is 0 Å². The Morgan fingerprint density at radius 2 is 1.44 bits per heavy atom. The molecule has 0 aromatic heterocycles. The summed E-state index contributed by atoms with van der Waals surface area (Å²) >= 11 is 0. The summed E-state index contributed by atoms with van der Waals surface area (Å²) in [4.78, 5) is 35.6. The van der Waals surface area contributed by atoms with Crippen LogP contribution in [0.4, 0.5) is 5.69 Å². The number of para-hydroxylation sites is 1. The molecular weight excluding hydrogens is 326 g/mol. The van der Waals surface area contributed by atoms with Gasteiger partial charge in [-0.05, 0) is 31.0 Å². The normalized spacial score (nSPS) is 10.2. The number of nitrogens with zero attached hydrogens (tertiary/aromatic N) is 1. The van der Waals surface area contributed by atoms with Crippen molar-refractivity contribution < 1.29 is 24.0 Å². The summed E-state index contributed by atoms with van der Waals surface area (Å²) in [5.41, 5.74) is 1.37. The molecule has 25 heavy (non-hydrogen) atoms. The number of methoxy groups -OCH3 is 2. The Labute approximate surface area is 144 Å². The quantitative estimate of drug-likeness (QED) is 0.479. The van der Waals surface area contributed by atoms with E-state index >= 15 is 0 Å². The van der Waals surface area contributed by atoms with Crippen molar-refractivity contribution in [3.05, 3.63) is 62.7 Å². The molecule has 0 atom stereocenters. The van der Waals surface area contributed by atoms with Crippen LogP contribution in [0.3, 0.4) is 0 Å². The van der Waals surface area contributed by atoms with Gasteiger partial charge in [0.25, 0.3) is 5.69 Å². The highest BCUT2D eigenvalue weighted by Crippen LogP contribution is 2.38. The molecule has 7 nitrogen and oxygen atoms in total. The molecular formula is C18H17NO6. The minimum Gasteiger partial charge on any atom is -0.465 e. The lowest BCUT2D eigenvalue weighted by atomic mass is 9.87. The van der Waals surface area contributed by atoms with Crippen LogP contribution < -0.4 is 0 Å². The van der Waals surface area contributed by atoms with Gasteiger partial charge in [-0.2, -0.15) is 0 Å². The Morgan fingerprint density at radius 1 is 0.960 bits per heavy atom. The van der Waals surface area contributed by atoms with E-state index in [1.165, 1.54) is 32.4 Å². The molecule has 0 amide bonds. The number of carbonyl (C=O) groups is 2. The molecule has 0 fully saturated rings. The molecule has 0 aliphatic carbocycles. The average molecular weight is 343 g/mol. The number of esters is 2. The molecule has 0 saturated heterocycles. The highest BCUT2D eigenvalue weighted by Gasteiger charge is 2.29. The Hall–Kier alpha value is -3.22. The fraction of sp³-hybridized carbons (Fsp3) is 0.222. The van der Waals surface area contributed by atoms with Crippen LogP contribution in [0.2, 0.25) is 0 Å². The van der Waals surface area contributed by atoms with E-state index in [2.05, 4.69) is 0 Å². The topological polar surface area (TPSA) is 95.7 Å². The monoisotopic (exact) mass is 343 g/mol. The van der Waals surface area contributed by atoms with E-state index < -0.39 is 16.9 Å². The van der Waals surface area contributed by atoms with Gasteiger partial charge >= 0.3 is 11.9 Å². The molecule has 0 aliphatic heterocycles. The maximum Gasteiger partial charge on any atom is 0.338 e. The van der Waals surface area contributed by atoms with Crippen LogP contribution in [0.5, 0.6) is 0 Å². The van der Waals surface area contributed by atoms with Crippen LogP contribution in [0.15, 0.2) is 30.3 Å². The lowest BCUT2D eigenvalue weighted by Gasteiger charge is -2.17. The predicted molar refractivity (Wildman–Crippen MR) is 90.7 cm³/mol. The standard InChI is InChI=1S/C18H17NO6/c1-10-9-11(2)15(18(21)25-4)16(14(10)17(20)24-3)12-7-5-6-8-13(12)19(22)23/h5-9H,1-4H3. The van der Waals surface area contributed by atoms with Crippen molar-refractivity contribution in [2.75, 3.05) is 14.2 Å². The molecule has 0 spiro atoms. The first-order valence-electron chi connectivity index (χ1n) is 7.38. The average Bonchev–Trinajstić information content (AvgIpc) is 2.59. The van der Waals surface area contributed by atoms with Crippen molar-refractivity contribution in [1.82, 2.24) is 0 Å². The molecule has 130 valence electrons. The fourth-order valence-corrected chi connectivity index (χ4v) is 2.83. The number of nitro groups is 1. The van der Waals surface area contributed by atoms with Gasteiger partial charge < -0.3 is 9.47 Å². The van der Waals surface area contributed by atoms with E-state index in [0.29, 0.717) is 11.1 Å². The molecule has 0 heterocycles. The molecule has 0 bridgehead atoms. The molecule has 0 radical (unpaired) electrons. The third-order valence-electron chi connectivity index (χ3n) is 3.87. The largest absolute Gasteiger partial charge is 0.465 e. The zero-order valence-corrected chi connectivity index (χ0v) is 14.3. The predicted octanol–water partition coefficient (Wildman–Crippen LogP) is 3.45. The first-order chi connectivity index (χ1) is 11.8. The van der Waals surface area contributed by atoms with Gasteiger partial charge in [0.15, 0.2) is 0 Å². The molecule has 7 heteroatoms. The number of hydrogen-bond donors (Lipinski definition) is 0. The van der Waals surface area contributed by atoms with Crippen LogP contribution in [0, 0.1) is 24.0 Å². The summed E-state index contributed by atoms with van der Waals surface area (Å²) in [5, 5.41) is 11.4. The lowest BCUT2D eigenvalue weighted by Crippen LogP contribution is -2.14. The minimum atomic E-state index is -0.684. The number of benzene rings is 2. The third kappa shape index (κ3) is 3.21. The first kappa shape index (κ1) is 18.1. The summed E-state index contributed by atoms with van der Waals surface area (Å²) in [6.07, 6.45) is 0. The SMILES string of the molecule is COC(=O)c1c(C)cc(C)c(C(=O)OC)c1-c1ccccc1[N+](=O)[O-]. The maximum atomic E-state index is 12.3. The number of carbonyl (C=O) groups excluding carboxylic acids is 2. The van der Waals surface area contributed by atoms with Crippen molar-refractivity contribution >= 4 is 17.6 Å². The van der Waals surface area contributed by atoms with Gasteiger partial charge in [0, 0.05) is 11.6 Å². The fourth-order valence-electron chi connectivity index (χ4n) is 2.83. The Kier molecular flexibility index (Phi) is 5.17. The van der Waals surface area contributed by atoms with Crippen molar-refractivity contribution in [2.45, 2.75) is 13.8 Å². The molecule has 2 aromatic rings. The van der Waals surface area contributed by atoms with Crippen LogP contribution in [-0.4, -0.2) is 31.1 Å². The molecule has 0 aliphatic rings. The molecule has 0 N–H and O–H groups in total. The second kappa shape index (κ2) is 7.12. The van der Waals surface area contributed by atoms with Crippen LogP contribution in [0.1, 0.15) is 31.8 Å². The van der Waals surface area contributed by atoms with E-state index in [1.54, 1.807) is 26.0 Å². The van der Waals surface area contributed by atoms with Crippen molar-refractivity contribution in [3.63, 3.8) is 0 Å². The van der Waals surface area contributed by atoms with Crippen molar-refractivity contribution in [1.29, 1.82) is 0 Å². The van der Waals surface area contributed by atoms with Crippen molar-refractivity contribution in [3.8, 4) is 11.1 Å². The van der Waals surface area contributed by atoms with Gasteiger partial charge in [0.05, 0.1) is 35.8 Å². The van der Waals surface area contributed by atoms with Gasteiger partial charge in [-0.1, -0.05) is 18.2 Å². The number of hydrogen-bond acceptors (Lipinski definition) is 6. The van der Waals surface area contributed by atoms with E-state index in [4.69, 9.17) is 9.47 Å². The molecule has 2 aromatic carbocycles. The van der Waals surface area contributed by atoms with Gasteiger partial charge in [0.1, 0.15) is 0 Å². The van der Waals surface area contributed by atoms with Gasteiger partial charge in [-0.15, -0.1) is 0 Å². The Balaban J connectivity index is 3.03. The zero-order chi connectivity index (χ0) is 18.7. The summed E-state index contributed by atoms with van der Waals surface area (Å²) in [7, 11) is 2.42. The van der Waals surface area contributed by atoms with Gasteiger partial charge in [0.2, 0.25) is 0 Å². The summed E-state index contributed by atoms with van der Waals surface area (Å²) in [6, 6.07) is 7.57. The summed E-state index contributed by atoms with van der Waals surface area (Å²) in [6.45, 7) is 3.36. The third-order valence-corrected chi connectivity index (χ3v) is 3.87. The summed E-state index contributed by atoms with van der Waals surface area (Å²) < 4.78 is 9.65. The van der Waals surface area contributed by atoms with Crippen LogP contribution in [0.25, 0.3) is 11.1 Å². The second-order valence-electron chi connectivity index (χ2n) is 5.39. The number of rotatable bonds is 4. The van der Waals surface area contributed by atoms with E-state index in [-0.39, 0.29) is 27.9 Å². The number of nitro benzene ring substituents is 1. The Morgan fingerprint density at radius 3 is 1.88 bits per heavy atom. The maximum absolute atomic E-state index is 12.3. The highest BCUT2D eigenvalue weighted by molar-refractivity contribution is 6.08. The van der Waals surface area contributed by atoms with E-state index in [9.17, 15) is 19.7 Å². The summed E-state index contributed by atoms with van der Waals surface area (Å²) in [5.74, 6) is -1.37. The van der Waals surface area contributed by atoms with Crippen molar-refractivity contribution in [2.24, 2.45) is 0 Å². The highest BCUT2D eigenvalue weighted by atomic mass is 16.6. The van der Waals surface area contributed by atoms with E-state index in [0.717, 1.165) is 0 Å². The second-order valence-corrected chi connectivity index (χ2v) is 5.39. The van der Waals surface area contributed by atoms with Crippen LogP contribution in [-0.2, 0) is 9.47 Å². The number of aryl methyl sites for hydroxylation is 2. The molecule has 0 unspecified atom stereocenters. The van der Waals surface area contributed by atoms with Crippen LogP contribution >= 0.6 is 0 Å².